The standard InChI is InChI=1S/C14H19NO5/c1-3-5-12(14(18)19-4-2)20-9-6-7-10(13(16)17)11(15)8-9/h6-8,12H,3-5,15H2,1-2H3,(H,16,17). The highest BCUT2D eigenvalue weighted by Gasteiger charge is 2.21. The third-order valence-corrected chi connectivity index (χ3v) is 2.63. The maximum Gasteiger partial charge on any atom is 0.347 e. The Hall–Kier alpha value is -2.24. The van der Waals surface area contributed by atoms with Crippen molar-refractivity contribution < 1.29 is 24.2 Å². The molecule has 1 aromatic rings. The number of rotatable bonds is 7. The fraction of sp³-hybridized carbons (Fsp3) is 0.429. The first kappa shape index (κ1) is 15.8. The number of carboxylic acid groups (broad SMARTS) is 1. The van der Waals surface area contributed by atoms with Crippen molar-refractivity contribution in [2.24, 2.45) is 0 Å². The normalized spacial score (nSPS) is 11.7. The van der Waals surface area contributed by atoms with Crippen LogP contribution in [-0.2, 0) is 9.53 Å². The minimum Gasteiger partial charge on any atom is -0.479 e. The van der Waals surface area contributed by atoms with Crippen molar-refractivity contribution in [3.8, 4) is 5.75 Å². The molecule has 110 valence electrons. The molecule has 0 aliphatic heterocycles. The molecule has 1 aromatic carbocycles. The number of hydrogen-bond donors (Lipinski definition) is 2. The molecule has 1 unspecified atom stereocenters. The van der Waals surface area contributed by atoms with Crippen LogP contribution >= 0.6 is 0 Å². The number of anilines is 1. The smallest absolute Gasteiger partial charge is 0.347 e. The van der Waals surface area contributed by atoms with Gasteiger partial charge in [0.15, 0.2) is 6.10 Å². The van der Waals surface area contributed by atoms with Gasteiger partial charge in [-0.2, -0.15) is 0 Å². The topological polar surface area (TPSA) is 98.9 Å². The molecule has 0 amide bonds. The van der Waals surface area contributed by atoms with E-state index in [9.17, 15) is 9.59 Å². The Kier molecular flexibility index (Phi) is 5.83. The van der Waals surface area contributed by atoms with Crippen LogP contribution in [0.3, 0.4) is 0 Å². The van der Waals surface area contributed by atoms with E-state index in [-0.39, 0.29) is 17.9 Å². The highest BCUT2D eigenvalue weighted by atomic mass is 16.6. The monoisotopic (exact) mass is 281 g/mol. The van der Waals surface area contributed by atoms with Gasteiger partial charge in [0.05, 0.1) is 12.2 Å². The third kappa shape index (κ3) is 4.15. The number of nitrogens with two attached hydrogens (primary N) is 1. The average molecular weight is 281 g/mol. The Morgan fingerprint density at radius 3 is 2.55 bits per heavy atom. The first-order chi connectivity index (χ1) is 9.49. The van der Waals surface area contributed by atoms with Crippen molar-refractivity contribution in [3.05, 3.63) is 23.8 Å². The van der Waals surface area contributed by atoms with Gasteiger partial charge in [0.25, 0.3) is 0 Å². The zero-order valence-electron chi connectivity index (χ0n) is 11.6. The van der Waals surface area contributed by atoms with E-state index < -0.39 is 18.0 Å². The van der Waals surface area contributed by atoms with Gasteiger partial charge >= 0.3 is 11.9 Å². The summed E-state index contributed by atoms with van der Waals surface area (Å²) in [6.45, 7) is 3.93. The summed E-state index contributed by atoms with van der Waals surface area (Å²) in [7, 11) is 0. The van der Waals surface area contributed by atoms with Crippen molar-refractivity contribution in [1.29, 1.82) is 0 Å². The summed E-state index contributed by atoms with van der Waals surface area (Å²) in [5.41, 5.74) is 5.72. The number of carboxylic acids is 1. The Balaban J connectivity index is 2.86. The van der Waals surface area contributed by atoms with E-state index in [1.165, 1.54) is 18.2 Å². The maximum atomic E-state index is 11.7. The highest BCUT2D eigenvalue weighted by Crippen LogP contribution is 2.22. The molecule has 0 saturated heterocycles. The van der Waals surface area contributed by atoms with Crippen LogP contribution in [0.15, 0.2) is 18.2 Å². The molecule has 6 nitrogen and oxygen atoms in total. The van der Waals surface area contributed by atoms with Gasteiger partial charge in [-0.1, -0.05) is 13.3 Å². The first-order valence-electron chi connectivity index (χ1n) is 6.45. The van der Waals surface area contributed by atoms with Crippen LogP contribution in [0.2, 0.25) is 0 Å². The number of carbonyl (C=O) groups is 2. The van der Waals surface area contributed by atoms with Gasteiger partial charge in [-0.25, -0.2) is 9.59 Å². The molecule has 0 bridgehead atoms. The van der Waals surface area contributed by atoms with Crippen LogP contribution in [-0.4, -0.2) is 29.8 Å². The molecule has 3 N–H and O–H groups in total. The zero-order chi connectivity index (χ0) is 15.1. The van der Waals surface area contributed by atoms with E-state index in [4.69, 9.17) is 20.3 Å². The summed E-state index contributed by atoms with van der Waals surface area (Å²) in [4.78, 5) is 22.6. The quantitative estimate of drug-likeness (QED) is 0.586. The van der Waals surface area contributed by atoms with E-state index in [0.29, 0.717) is 12.2 Å². The van der Waals surface area contributed by atoms with Crippen molar-refractivity contribution in [2.75, 3.05) is 12.3 Å². The van der Waals surface area contributed by atoms with Gasteiger partial charge < -0.3 is 20.3 Å². The molecular weight excluding hydrogens is 262 g/mol. The predicted octanol–water partition coefficient (Wildman–Crippen LogP) is 2.08. The minimum absolute atomic E-state index is 0.000487. The van der Waals surface area contributed by atoms with E-state index in [0.717, 1.165) is 6.42 Å². The number of benzene rings is 1. The lowest BCUT2D eigenvalue weighted by molar-refractivity contribution is -0.151. The van der Waals surface area contributed by atoms with E-state index >= 15 is 0 Å². The predicted molar refractivity (Wildman–Crippen MR) is 73.8 cm³/mol. The van der Waals surface area contributed by atoms with Gasteiger partial charge in [-0.15, -0.1) is 0 Å². The summed E-state index contributed by atoms with van der Waals surface area (Å²) < 4.78 is 10.5. The molecule has 1 rings (SSSR count). The van der Waals surface area contributed by atoms with E-state index in [1.807, 2.05) is 6.92 Å². The molecular formula is C14H19NO5. The van der Waals surface area contributed by atoms with E-state index in [2.05, 4.69) is 0 Å². The summed E-state index contributed by atoms with van der Waals surface area (Å²) in [6, 6.07) is 4.22. The van der Waals surface area contributed by atoms with Crippen molar-refractivity contribution in [3.63, 3.8) is 0 Å². The number of nitrogen functional groups attached to an aromatic ring is 1. The number of carbonyl (C=O) groups excluding carboxylic acids is 1. The third-order valence-electron chi connectivity index (χ3n) is 2.63. The molecule has 0 aliphatic carbocycles. The Bertz CT molecular complexity index is 486. The molecule has 0 radical (unpaired) electrons. The molecule has 0 aliphatic rings. The SMILES string of the molecule is CCCC(Oc1ccc(C(=O)O)c(N)c1)C(=O)OCC. The van der Waals surface area contributed by atoms with Crippen LogP contribution in [0.4, 0.5) is 5.69 Å². The molecule has 0 aromatic heterocycles. The molecule has 20 heavy (non-hydrogen) atoms. The lowest BCUT2D eigenvalue weighted by Crippen LogP contribution is -2.29. The Labute approximate surface area is 117 Å². The molecule has 0 spiro atoms. The largest absolute Gasteiger partial charge is 0.479 e. The van der Waals surface area contributed by atoms with Crippen LogP contribution in [0, 0.1) is 0 Å². The molecule has 0 fully saturated rings. The number of aromatic carboxylic acids is 1. The fourth-order valence-electron chi connectivity index (χ4n) is 1.70. The average Bonchev–Trinajstić information content (AvgIpc) is 2.38. The first-order valence-corrected chi connectivity index (χ1v) is 6.45. The summed E-state index contributed by atoms with van der Waals surface area (Å²) in [5, 5.41) is 8.89. The molecule has 1 atom stereocenters. The lowest BCUT2D eigenvalue weighted by atomic mass is 10.1. The zero-order valence-corrected chi connectivity index (χ0v) is 11.6. The Morgan fingerprint density at radius 2 is 2.05 bits per heavy atom. The van der Waals surface area contributed by atoms with Crippen LogP contribution < -0.4 is 10.5 Å². The van der Waals surface area contributed by atoms with Crippen molar-refractivity contribution in [2.45, 2.75) is 32.8 Å². The van der Waals surface area contributed by atoms with Gasteiger partial charge in [0.2, 0.25) is 0 Å². The van der Waals surface area contributed by atoms with Gasteiger partial charge in [0.1, 0.15) is 5.75 Å². The van der Waals surface area contributed by atoms with E-state index in [1.54, 1.807) is 6.92 Å². The van der Waals surface area contributed by atoms with Crippen molar-refractivity contribution in [1.82, 2.24) is 0 Å². The van der Waals surface area contributed by atoms with Crippen molar-refractivity contribution >= 4 is 17.6 Å². The fourth-order valence-corrected chi connectivity index (χ4v) is 1.70. The van der Waals surface area contributed by atoms with Gasteiger partial charge in [-0.3, -0.25) is 0 Å². The van der Waals surface area contributed by atoms with Crippen LogP contribution in [0.25, 0.3) is 0 Å². The second-order valence-corrected chi connectivity index (χ2v) is 4.20. The minimum atomic E-state index is -1.11. The summed E-state index contributed by atoms with van der Waals surface area (Å²) in [5.74, 6) is -1.20. The van der Waals surface area contributed by atoms with Gasteiger partial charge in [-0.05, 0) is 25.5 Å². The number of esters is 1. The molecule has 0 heterocycles. The number of ether oxygens (including phenoxy) is 2. The van der Waals surface area contributed by atoms with Crippen LogP contribution in [0.5, 0.6) is 5.75 Å². The lowest BCUT2D eigenvalue weighted by Gasteiger charge is -2.17. The van der Waals surface area contributed by atoms with Crippen LogP contribution in [0.1, 0.15) is 37.0 Å². The highest BCUT2D eigenvalue weighted by molar-refractivity contribution is 5.93. The molecule has 0 saturated carbocycles. The summed E-state index contributed by atoms with van der Waals surface area (Å²) in [6.07, 6.45) is 0.557. The Morgan fingerprint density at radius 1 is 1.35 bits per heavy atom. The number of hydrogen-bond acceptors (Lipinski definition) is 5. The second-order valence-electron chi connectivity index (χ2n) is 4.20. The summed E-state index contributed by atoms with van der Waals surface area (Å²) >= 11 is 0. The second kappa shape index (κ2) is 7.37. The van der Waals surface area contributed by atoms with Gasteiger partial charge in [0, 0.05) is 11.8 Å². The maximum absolute atomic E-state index is 11.7. The molecule has 6 heteroatoms.